The van der Waals surface area contributed by atoms with Crippen LogP contribution in [0.25, 0.3) is 10.7 Å². The predicted molar refractivity (Wildman–Crippen MR) is 77.0 cm³/mol. The highest BCUT2D eigenvalue weighted by atomic mass is 32.1. The van der Waals surface area contributed by atoms with Crippen LogP contribution >= 0.6 is 11.3 Å². The van der Waals surface area contributed by atoms with Gasteiger partial charge in [0.05, 0.1) is 16.6 Å². The summed E-state index contributed by atoms with van der Waals surface area (Å²) in [6, 6.07) is 9.99. The van der Waals surface area contributed by atoms with Crippen molar-refractivity contribution in [1.29, 1.82) is 0 Å². The molecule has 3 aromatic heterocycles. The summed E-state index contributed by atoms with van der Waals surface area (Å²) >= 11 is 1.67. The summed E-state index contributed by atoms with van der Waals surface area (Å²) in [5.74, 6) is 0.941. The molecule has 0 bridgehead atoms. The van der Waals surface area contributed by atoms with E-state index in [4.69, 9.17) is 5.73 Å². The topological polar surface area (TPSA) is 56.7 Å². The number of nitrogens with zero attached hydrogens (tertiary/aromatic N) is 3. The number of hydrogen-bond donors (Lipinski definition) is 1. The monoisotopic (exact) mass is 270 g/mol. The van der Waals surface area contributed by atoms with Crippen LogP contribution in [0.3, 0.4) is 0 Å². The summed E-state index contributed by atoms with van der Waals surface area (Å²) in [7, 11) is 0. The van der Waals surface area contributed by atoms with E-state index in [-0.39, 0.29) is 6.04 Å². The lowest BCUT2D eigenvalue weighted by Crippen LogP contribution is -2.21. The number of thiophene rings is 1. The van der Waals surface area contributed by atoms with Crippen LogP contribution in [0, 0.1) is 0 Å². The van der Waals surface area contributed by atoms with Gasteiger partial charge in [-0.2, -0.15) is 0 Å². The van der Waals surface area contributed by atoms with Crippen molar-refractivity contribution in [2.24, 2.45) is 5.73 Å². The molecule has 0 saturated heterocycles. The second kappa shape index (κ2) is 5.34. The molecule has 5 heteroatoms. The molecule has 0 fully saturated rings. The summed E-state index contributed by atoms with van der Waals surface area (Å²) in [5.41, 5.74) is 6.89. The van der Waals surface area contributed by atoms with Gasteiger partial charge in [-0.05, 0) is 23.6 Å². The van der Waals surface area contributed by atoms with Crippen molar-refractivity contribution < 1.29 is 0 Å². The Morgan fingerprint density at radius 2 is 2.11 bits per heavy atom. The van der Waals surface area contributed by atoms with E-state index in [9.17, 15) is 0 Å². The molecule has 0 aliphatic heterocycles. The normalized spacial score (nSPS) is 12.5. The Hall–Kier alpha value is -1.98. The van der Waals surface area contributed by atoms with Gasteiger partial charge in [-0.3, -0.25) is 4.98 Å². The van der Waals surface area contributed by atoms with E-state index in [1.165, 1.54) is 0 Å². The summed E-state index contributed by atoms with van der Waals surface area (Å²) in [4.78, 5) is 9.98. The Morgan fingerprint density at radius 1 is 1.16 bits per heavy atom. The third kappa shape index (κ3) is 2.30. The fourth-order valence-corrected chi connectivity index (χ4v) is 2.84. The first-order chi connectivity index (χ1) is 9.40. The van der Waals surface area contributed by atoms with Gasteiger partial charge in [-0.15, -0.1) is 11.3 Å². The van der Waals surface area contributed by atoms with Crippen molar-refractivity contribution in [2.75, 3.05) is 6.54 Å². The van der Waals surface area contributed by atoms with E-state index in [0.29, 0.717) is 6.54 Å². The van der Waals surface area contributed by atoms with Gasteiger partial charge in [0.1, 0.15) is 0 Å². The van der Waals surface area contributed by atoms with Crippen molar-refractivity contribution in [3.05, 3.63) is 60.0 Å². The first-order valence-corrected chi connectivity index (χ1v) is 6.96. The van der Waals surface area contributed by atoms with E-state index in [1.54, 1.807) is 23.7 Å². The number of pyridine rings is 1. The maximum atomic E-state index is 5.93. The van der Waals surface area contributed by atoms with Crippen LogP contribution < -0.4 is 5.73 Å². The predicted octanol–water partition coefficient (Wildman–Crippen LogP) is 2.55. The van der Waals surface area contributed by atoms with E-state index in [0.717, 1.165) is 16.4 Å². The third-order valence-corrected chi connectivity index (χ3v) is 3.86. The molecule has 3 heterocycles. The SMILES string of the molecule is NCC(c1ccccn1)n1ccnc1-c1cccs1. The van der Waals surface area contributed by atoms with Crippen LogP contribution in [0.5, 0.6) is 0 Å². The van der Waals surface area contributed by atoms with Crippen LogP contribution in [-0.4, -0.2) is 21.1 Å². The molecule has 0 aliphatic carbocycles. The Balaban J connectivity index is 2.04. The minimum absolute atomic E-state index is 0.0146. The molecule has 1 atom stereocenters. The van der Waals surface area contributed by atoms with Crippen LogP contribution in [0.15, 0.2) is 54.3 Å². The second-order valence-corrected chi connectivity index (χ2v) is 5.09. The largest absolute Gasteiger partial charge is 0.328 e. The molecule has 0 amide bonds. The Morgan fingerprint density at radius 3 is 2.79 bits per heavy atom. The van der Waals surface area contributed by atoms with Gasteiger partial charge < -0.3 is 10.3 Å². The van der Waals surface area contributed by atoms with E-state index >= 15 is 0 Å². The molecule has 1 unspecified atom stereocenters. The average molecular weight is 270 g/mol. The van der Waals surface area contributed by atoms with Gasteiger partial charge in [-0.25, -0.2) is 4.98 Å². The minimum Gasteiger partial charge on any atom is -0.328 e. The lowest BCUT2D eigenvalue weighted by atomic mass is 10.2. The van der Waals surface area contributed by atoms with Gasteiger partial charge in [0.25, 0.3) is 0 Å². The Bertz CT molecular complexity index is 631. The number of rotatable bonds is 4. The lowest BCUT2D eigenvalue weighted by molar-refractivity contribution is 0.585. The third-order valence-electron chi connectivity index (χ3n) is 3.00. The van der Waals surface area contributed by atoms with Crippen molar-refractivity contribution >= 4 is 11.3 Å². The molecule has 0 saturated carbocycles. The molecule has 3 rings (SSSR count). The first kappa shape index (κ1) is 12.1. The zero-order valence-electron chi connectivity index (χ0n) is 10.3. The molecule has 0 radical (unpaired) electrons. The summed E-state index contributed by atoms with van der Waals surface area (Å²) in [6.45, 7) is 0.492. The van der Waals surface area contributed by atoms with E-state index in [2.05, 4.69) is 20.6 Å². The van der Waals surface area contributed by atoms with Gasteiger partial charge in [0, 0.05) is 25.1 Å². The van der Waals surface area contributed by atoms with E-state index < -0.39 is 0 Å². The smallest absolute Gasteiger partial charge is 0.150 e. The van der Waals surface area contributed by atoms with Crippen LogP contribution in [0.2, 0.25) is 0 Å². The van der Waals surface area contributed by atoms with Crippen LogP contribution in [0.4, 0.5) is 0 Å². The van der Waals surface area contributed by atoms with Crippen molar-refractivity contribution in [2.45, 2.75) is 6.04 Å². The molecule has 96 valence electrons. The molecular weight excluding hydrogens is 256 g/mol. The standard InChI is InChI=1S/C14H14N4S/c15-10-12(11-4-1-2-6-16-11)18-8-7-17-14(18)13-5-3-9-19-13/h1-9,12H,10,15H2. The molecule has 3 aromatic rings. The second-order valence-electron chi connectivity index (χ2n) is 4.14. The molecular formula is C14H14N4S. The van der Waals surface area contributed by atoms with Gasteiger partial charge >= 0.3 is 0 Å². The highest BCUT2D eigenvalue weighted by molar-refractivity contribution is 7.13. The number of aromatic nitrogens is 3. The van der Waals surface area contributed by atoms with Crippen molar-refractivity contribution in [1.82, 2.24) is 14.5 Å². The zero-order valence-corrected chi connectivity index (χ0v) is 11.1. The van der Waals surface area contributed by atoms with Crippen molar-refractivity contribution in [3.8, 4) is 10.7 Å². The molecule has 0 aromatic carbocycles. The fourth-order valence-electron chi connectivity index (χ4n) is 2.11. The molecule has 4 nitrogen and oxygen atoms in total. The fraction of sp³-hybridized carbons (Fsp3) is 0.143. The Kier molecular flexibility index (Phi) is 3.39. The summed E-state index contributed by atoms with van der Waals surface area (Å²) in [6.07, 6.45) is 5.56. The Labute approximate surface area is 115 Å². The highest BCUT2D eigenvalue weighted by Gasteiger charge is 2.17. The lowest BCUT2D eigenvalue weighted by Gasteiger charge is -2.18. The zero-order chi connectivity index (χ0) is 13.1. The highest BCUT2D eigenvalue weighted by Crippen LogP contribution is 2.27. The number of imidazole rings is 1. The summed E-state index contributed by atoms with van der Waals surface area (Å²) in [5, 5.41) is 2.05. The minimum atomic E-state index is 0.0146. The van der Waals surface area contributed by atoms with Gasteiger partial charge in [0.15, 0.2) is 5.82 Å². The average Bonchev–Trinajstić information content (AvgIpc) is 3.11. The maximum Gasteiger partial charge on any atom is 0.150 e. The van der Waals surface area contributed by atoms with Crippen LogP contribution in [-0.2, 0) is 0 Å². The van der Waals surface area contributed by atoms with E-state index in [1.807, 2.05) is 35.8 Å². The molecule has 0 aliphatic rings. The van der Waals surface area contributed by atoms with Gasteiger partial charge in [-0.1, -0.05) is 12.1 Å². The first-order valence-electron chi connectivity index (χ1n) is 6.08. The van der Waals surface area contributed by atoms with Crippen LogP contribution in [0.1, 0.15) is 11.7 Å². The molecule has 19 heavy (non-hydrogen) atoms. The quantitative estimate of drug-likeness (QED) is 0.792. The summed E-state index contributed by atoms with van der Waals surface area (Å²) < 4.78 is 2.09. The number of nitrogens with two attached hydrogens (primary N) is 1. The molecule has 0 spiro atoms. The number of hydrogen-bond acceptors (Lipinski definition) is 4. The maximum absolute atomic E-state index is 5.93. The molecule has 2 N–H and O–H groups in total. The van der Waals surface area contributed by atoms with Crippen molar-refractivity contribution in [3.63, 3.8) is 0 Å². The van der Waals surface area contributed by atoms with Gasteiger partial charge in [0.2, 0.25) is 0 Å².